The number of aromatic nitrogens is 5. The largest absolute Gasteiger partial charge is 0.383 e. The average Bonchev–Trinajstić information content (AvgIpc) is 3.50. The van der Waals surface area contributed by atoms with Crippen LogP contribution in [0.2, 0.25) is 0 Å². The summed E-state index contributed by atoms with van der Waals surface area (Å²) >= 11 is 1.60. The molecule has 2 aliphatic rings. The first kappa shape index (κ1) is 21.2. The highest BCUT2D eigenvalue weighted by molar-refractivity contribution is 7.16. The number of anilines is 1. The molecule has 34 heavy (non-hydrogen) atoms. The first-order valence-electron chi connectivity index (χ1n) is 11.4. The highest BCUT2D eigenvalue weighted by Gasteiger charge is 2.50. The summed E-state index contributed by atoms with van der Waals surface area (Å²) in [5.74, 6) is 1.38. The molecule has 1 aliphatic heterocycles. The molecule has 0 bridgehead atoms. The number of fused-ring (bicyclic) bond motifs is 3. The van der Waals surface area contributed by atoms with Gasteiger partial charge in [0.05, 0.1) is 27.2 Å². The number of hydrogen-bond acceptors (Lipinski definition) is 8. The number of carbonyl (C=O) groups is 1. The normalized spacial score (nSPS) is 22.2. The van der Waals surface area contributed by atoms with E-state index in [2.05, 4.69) is 21.0 Å². The minimum Gasteiger partial charge on any atom is -0.383 e. The Bertz CT molecular complexity index is 1420. The Morgan fingerprint density at radius 3 is 3.00 bits per heavy atom. The van der Waals surface area contributed by atoms with E-state index in [0.717, 1.165) is 58.6 Å². The summed E-state index contributed by atoms with van der Waals surface area (Å²) < 4.78 is 3.13. The number of rotatable bonds is 5. The van der Waals surface area contributed by atoms with Crippen molar-refractivity contribution in [2.24, 2.45) is 11.8 Å². The third-order valence-corrected chi connectivity index (χ3v) is 7.80. The van der Waals surface area contributed by atoms with Gasteiger partial charge < -0.3 is 15.5 Å². The molecule has 4 aromatic rings. The minimum atomic E-state index is 0.0884. The third-order valence-electron chi connectivity index (χ3n) is 7.01. The van der Waals surface area contributed by atoms with Crippen LogP contribution in [0.5, 0.6) is 0 Å². The lowest BCUT2D eigenvalue weighted by molar-refractivity contribution is -0.125. The fraction of sp³-hybridized carbons (Fsp3) is 0.375. The number of nitrogens with zero attached hydrogens (tertiary/aromatic N) is 7. The lowest BCUT2D eigenvalue weighted by Gasteiger charge is -2.39. The molecule has 0 spiro atoms. The number of thiazole rings is 1. The second-order valence-electron chi connectivity index (χ2n) is 9.42. The summed E-state index contributed by atoms with van der Waals surface area (Å²) in [6.07, 6.45) is 6.10. The van der Waals surface area contributed by atoms with Crippen molar-refractivity contribution in [1.82, 2.24) is 34.5 Å². The topological polar surface area (TPSA) is 106 Å². The Hall–Kier alpha value is -3.37. The summed E-state index contributed by atoms with van der Waals surface area (Å²) in [6.45, 7) is 2.30. The molecule has 1 saturated heterocycles. The SMILES string of the molecule is CN(C)CC=CC(=O)N1CC2CC(n3nc(-c4ccc5ncsc5c4)c4c(N)ncnc43)C2C1. The van der Waals surface area contributed by atoms with Gasteiger partial charge in [-0.2, -0.15) is 5.10 Å². The highest BCUT2D eigenvalue weighted by atomic mass is 32.1. The van der Waals surface area contributed by atoms with Crippen LogP contribution in [-0.4, -0.2) is 74.2 Å². The smallest absolute Gasteiger partial charge is 0.246 e. The van der Waals surface area contributed by atoms with Crippen molar-refractivity contribution >= 4 is 44.3 Å². The van der Waals surface area contributed by atoms with Crippen LogP contribution in [0.3, 0.4) is 0 Å². The molecule has 6 rings (SSSR count). The molecule has 10 heteroatoms. The molecule has 1 saturated carbocycles. The van der Waals surface area contributed by atoms with Gasteiger partial charge in [-0.25, -0.2) is 19.6 Å². The predicted molar refractivity (Wildman–Crippen MR) is 133 cm³/mol. The molecule has 4 heterocycles. The average molecular weight is 475 g/mol. The van der Waals surface area contributed by atoms with E-state index in [4.69, 9.17) is 10.8 Å². The first-order valence-corrected chi connectivity index (χ1v) is 12.3. The van der Waals surface area contributed by atoms with Gasteiger partial charge in [-0.05, 0) is 38.6 Å². The second-order valence-corrected chi connectivity index (χ2v) is 10.3. The summed E-state index contributed by atoms with van der Waals surface area (Å²) in [6, 6.07) is 6.33. The lowest BCUT2D eigenvalue weighted by atomic mass is 9.71. The van der Waals surface area contributed by atoms with Gasteiger partial charge in [0.2, 0.25) is 5.91 Å². The molecular weight excluding hydrogens is 448 g/mol. The number of likely N-dealkylation sites (N-methyl/N-ethyl adjacent to an activating group) is 1. The zero-order valence-corrected chi connectivity index (χ0v) is 19.9. The fourth-order valence-electron chi connectivity index (χ4n) is 5.23. The number of nitrogens with two attached hydrogens (primary N) is 1. The number of benzene rings is 1. The monoisotopic (exact) mass is 474 g/mol. The summed E-state index contributed by atoms with van der Waals surface area (Å²) in [4.78, 5) is 29.9. The molecule has 9 nitrogen and oxygen atoms in total. The van der Waals surface area contributed by atoms with E-state index in [1.165, 1.54) is 6.33 Å². The molecular formula is C24H26N8OS. The van der Waals surface area contributed by atoms with Gasteiger partial charge in [0.1, 0.15) is 17.8 Å². The number of nitrogen functional groups attached to an aromatic ring is 1. The van der Waals surface area contributed by atoms with Crippen LogP contribution in [0.4, 0.5) is 5.82 Å². The second kappa shape index (κ2) is 8.14. The van der Waals surface area contributed by atoms with Crippen molar-refractivity contribution in [3.8, 4) is 11.3 Å². The van der Waals surface area contributed by atoms with E-state index in [1.807, 2.05) is 52.3 Å². The van der Waals surface area contributed by atoms with Crippen molar-refractivity contribution in [3.05, 3.63) is 42.2 Å². The summed E-state index contributed by atoms with van der Waals surface area (Å²) in [5, 5.41) is 5.81. The molecule has 1 aromatic carbocycles. The predicted octanol–water partition coefficient (Wildman–Crippen LogP) is 2.82. The van der Waals surface area contributed by atoms with Gasteiger partial charge in [0.15, 0.2) is 5.65 Å². The maximum Gasteiger partial charge on any atom is 0.246 e. The molecule has 3 aromatic heterocycles. The molecule has 174 valence electrons. The molecule has 2 fully saturated rings. The standard InChI is InChI=1S/C24H26N8OS/c1-30(2)7-3-4-20(33)31-10-15-8-18(16(15)11-31)32-24-21(23(25)26-12-27-24)22(29-32)14-5-6-17-19(9-14)34-13-28-17/h3-6,9,12-13,15-16,18H,7-8,10-11H2,1-2H3,(H2,25,26,27). The van der Waals surface area contributed by atoms with E-state index in [1.54, 1.807) is 17.4 Å². The van der Waals surface area contributed by atoms with Crippen LogP contribution in [0.1, 0.15) is 12.5 Å². The van der Waals surface area contributed by atoms with Crippen LogP contribution >= 0.6 is 11.3 Å². The number of amides is 1. The van der Waals surface area contributed by atoms with Gasteiger partial charge in [-0.3, -0.25) is 4.79 Å². The van der Waals surface area contributed by atoms with Gasteiger partial charge in [0, 0.05) is 37.2 Å². The van der Waals surface area contributed by atoms with E-state index >= 15 is 0 Å². The molecule has 0 radical (unpaired) electrons. The molecule has 1 amide bonds. The maximum absolute atomic E-state index is 12.7. The van der Waals surface area contributed by atoms with E-state index in [-0.39, 0.29) is 11.9 Å². The molecule has 2 N–H and O–H groups in total. The lowest BCUT2D eigenvalue weighted by Crippen LogP contribution is -2.38. The van der Waals surface area contributed by atoms with E-state index in [9.17, 15) is 4.79 Å². The molecule has 3 atom stereocenters. The van der Waals surface area contributed by atoms with Gasteiger partial charge in [0.25, 0.3) is 0 Å². The van der Waals surface area contributed by atoms with Crippen LogP contribution < -0.4 is 5.73 Å². The Morgan fingerprint density at radius 2 is 2.15 bits per heavy atom. The van der Waals surface area contributed by atoms with Crippen molar-refractivity contribution in [2.75, 3.05) is 39.5 Å². The van der Waals surface area contributed by atoms with Crippen LogP contribution in [0.25, 0.3) is 32.5 Å². The highest BCUT2D eigenvalue weighted by Crippen LogP contribution is 2.50. The summed E-state index contributed by atoms with van der Waals surface area (Å²) in [7, 11) is 3.98. The van der Waals surface area contributed by atoms with Gasteiger partial charge in [-0.15, -0.1) is 11.3 Å². The van der Waals surface area contributed by atoms with Crippen molar-refractivity contribution in [2.45, 2.75) is 12.5 Å². The van der Waals surface area contributed by atoms with E-state index in [0.29, 0.717) is 17.7 Å². The first-order chi connectivity index (χ1) is 16.5. The number of hydrogen-bond donors (Lipinski definition) is 1. The van der Waals surface area contributed by atoms with Crippen molar-refractivity contribution in [1.29, 1.82) is 0 Å². The fourth-order valence-corrected chi connectivity index (χ4v) is 5.95. The molecule has 1 aliphatic carbocycles. The maximum atomic E-state index is 12.7. The van der Waals surface area contributed by atoms with Crippen LogP contribution in [-0.2, 0) is 4.79 Å². The van der Waals surface area contributed by atoms with E-state index < -0.39 is 0 Å². The zero-order valence-electron chi connectivity index (χ0n) is 19.1. The number of likely N-dealkylation sites (tertiary alicyclic amines) is 1. The Kier molecular flexibility index (Phi) is 5.07. The Morgan fingerprint density at radius 1 is 1.26 bits per heavy atom. The zero-order chi connectivity index (χ0) is 23.4. The van der Waals surface area contributed by atoms with Crippen LogP contribution in [0, 0.1) is 11.8 Å². The van der Waals surface area contributed by atoms with Gasteiger partial charge in [-0.1, -0.05) is 12.1 Å². The Labute approximate surface area is 200 Å². The quantitative estimate of drug-likeness (QED) is 0.443. The molecule has 3 unspecified atom stereocenters. The summed E-state index contributed by atoms with van der Waals surface area (Å²) in [5.41, 5.74) is 11.7. The van der Waals surface area contributed by atoms with Crippen LogP contribution in [0.15, 0.2) is 42.2 Å². The number of carbonyl (C=O) groups excluding carboxylic acids is 1. The Balaban J connectivity index is 1.31. The third kappa shape index (κ3) is 3.45. The minimum absolute atomic E-state index is 0.0884. The van der Waals surface area contributed by atoms with Crippen molar-refractivity contribution < 1.29 is 4.79 Å². The van der Waals surface area contributed by atoms with Crippen molar-refractivity contribution in [3.63, 3.8) is 0 Å². The van der Waals surface area contributed by atoms with Gasteiger partial charge >= 0.3 is 0 Å².